The fourth-order valence-electron chi connectivity index (χ4n) is 3.45. The Hall–Kier alpha value is -2.95. The lowest BCUT2D eigenvalue weighted by atomic mass is 10.1. The van der Waals surface area contributed by atoms with Gasteiger partial charge in [-0.15, -0.1) is 0 Å². The second kappa shape index (κ2) is 11.5. The van der Waals surface area contributed by atoms with Crippen molar-refractivity contribution in [2.45, 2.75) is 38.2 Å². The molecule has 1 saturated heterocycles. The summed E-state index contributed by atoms with van der Waals surface area (Å²) in [5.41, 5.74) is 1.75. The third kappa shape index (κ3) is 6.78. The first-order valence-electron chi connectivity index (χ1n) is 11.2. The Morgan fingerprint density at radius 3 is 2.53 bits per heavy atom. The number of carbonyl (C=O) groups excluding carboxylic acids is 2. The van der Waals surface area contributed by atoms with Gasteiger partial charge in [0.15, 0.2) is 0 Å². The average molecular weight is 490 g/mol. The van der Waals surface area contributed by atoms with Crippen LogP contribution in [0, 0.1) is 6.92 Å². The molecule has 0 spiro atoms. The van der Waals surface area contributed by atoms with Crippen molar-refractivity contribution in [3.63, 3.8) is 0 Å². The van der Waals surface area contributed by atoms with Gasteiger partial charge in [0.2, 0.25) is 15.9 Å². The van der Waals surface area contributed by atoms with Crippen molar-refractivity contribution >= 4 is 27.5 Å². The predicted octanol–water partition coefficient (Wildman–Crippen LogP) is 2.56. The van der Waals surface area contributed by atoms with E-state index < -0.39 is 10.0 Å². The van der Waals surface area contributed by atoms with Gasteiger partial charge in [-0.1, -0.05) is 17.7 Å². The first-order valence-corrected chi connectivity index (χ1v) is 12.6. The van der Waals surface area contributed by atoms with Crippen LogP contribution >= 0.6 is 0 Å². The summed E-state index contributed by atoms with van der Waals surface area (Å²) in [7, 11) is -3.74. The number of carbonyl (C=O) groups is 2. The lowest BCUT2D eigenvalue weighted by Crippen LogP contribution is -2.40. The van der Waals surface area contributed by atoms with Crippen LogP contribution in [-0.4, -0.2) is 63.5 Å². The van der Waals surface area contributed by atoms with Gasteiger partial charge in [-0.05, 0) is 51.1 Å². The Labute approximate surface area is 200 Å². The van der Waals surface area contributed by atoms with E-state index in [1.165, 1.54) is 16.4 Å². The van der Waals surface area contributed by atoms with Gasteiger partial charge in [-0.3, -0.25) is 9.59 Å². The molecule has 9 nitrogen and oxygen atoms in total. The van der Waals surface area contributed by atoms with Crippen molar-refractivity contribution < 1.29 is 27.5 Å². The highest BCUT2D eigenvalue weighted by molar-refractivity contribution is 7.89. The molecule has 2 N–H and O–H groups in total. The standard InChI is InChI=1S/C24H31N3O6S/c1-17(2)33-22-8-7-20(34(30,31)27-11-13-32-14-12-27)16-21(22)26-23(28)9-10-25-24(29)19-6-4-5-18(3)15-19/h4-8,15-17H,9-14H2,1-3H3,(H,25,29)(H,26,28). The highest BCUT2D eigenvalue weighted by Gasteiger charge is 2.27. The van der Waals surface area contributed by atoms with E-state index in [2.05, 4.69) is 10.6 Å². The molecule has 1 fully saturated rings. The summed E-state index contributed by atoms with van der Waals surface area (Å²) in [6, 6.07) is 11.6. The highest BCUT2D eigenvalue weighted by atomic mass is 32.2. The summed E-state index contributed by atoms with van der Waals surface area (Å²) in [5, 5.41) is 5.45. The molecule has 2 aromatic rings. The van der Waals surface area contributed by atoms with E-state index in [0.717, 1.165) is 5.56 Å². The van der Waals surface area contributed by atoms with Crippen molar-refractivity contribution in [3.05, 3.63) is 53.6 Å². The quantitative estimate of drug-likeness (QED) is 0.560. The minimum atomic E-state index is -3.74. The number of ether oxygens (including phenoxy) is 2. The van der Waals surface area contributed by atoms with Gasteiger partial charge >= 0.3 is 0 Å². The third-order valence-corrected chi connectivity index (χ3v) is 7.01. The zero-order chi connectivity index (χ0) is 24.7. The molecule has 0 atom stereocenters. The number of nitrogens with zero attached hydrogens (tertiary/aromatic N) is 1. The molecule has 1 aliphatic rings. The van der Waals surface area contributed by atoms with Gasteiger partial charge in [0.1, 0.15) is 5.75 Å². The number of aryl methyl sites for hydroxylation is 1. The van der Waals surface area contributed by atoms with Crippen LogP contribution in [0.3, 0.4) is 0 Å². The van der Waals surface area contributed by atoms with Crippen LogP contribution in [0.25, 0.3) is 0 Å². The maximum absolute atomic E-state index is 13.0. The van der Waals surface area contributed by atoms with Crippen molar-refractivity contribution in [2.24, 2.45) is 0 Å². The zero-order valence-corrected chi connectivity index (χ0v) is 20.5. The minimum absolute atomic E-state index is 0.0130. The number of hydrogen-bond acceptors (Lipinski definition) is 6. The summed E-state index contributed by atoms with van der Waals surface area (Å²) >= 11 is 0. The molecule has 2 aromatic carbocycles. The molecule has 2 amide bonds. The molecule has 184 valence electrons. The summed E-state index contributed by atoms with van der Waals surface area (Å²) < 4.78 is 38.4. The van der Waals surface area contributed by atoms with E-state index >= 15 is 0 Å². The lowest BCUT2D eigenvalue weighted by Gasteiger charge is -2.26. The largest absolute Gasteiger partial charge is 0.489 e. The Kier molecular flexibility index (Phi) is 8.65. The second-order valence-electron chi connectivity index (χ2n) is 8.26. The second-order valence-corrected chi connectivity index (χ2v) is 10.2. The fourth-order valence-corrected chi connectivity index (χ4v) is 4.89. The van der Waals surface area contributed by atoms with Crippen molar-refractivity contribution in [3.8, 4) is 5.75 Å². The molecule has 0 bridgehead atoms. The van der Waals surface area contributed by atoms with Gasteiger partial charge in [0, 0.05) is 31.6 Å². The maximum Gasteiger partial charge on any atom is 0.251 e. The van der Waals surface area contributed by atoms with E-state index in [-0.39, 0.29) is 54.6 Å². The lowest BCUT2D eigenvalue weighted by molar-refractivity contribution is -0.116. The fraction of sp³-hybridized carbons (Fsp3) is 0.417. The zero-order valence-electron chi connectivity index (χ0n) is 19.7. The van der Waals surface area contributed by atoms with E-state index in [9.17, 15) is 18.0 Å². The summed E-state index contributed by atoms with van der Waals surface area (Å²) in [6.07, 6.45) is -0.162. The van der Waals surface area contributed by atoms with Crippen LogP contribution in [0.2, 0.25) is 0 Å². The Balaban J connectivity index is 1.69. The van der Waals surface area contributed by atoms with Crippen LogP contribution < -0.4 is 15.4 Å². The SMILES string of the molecule is Cc1cccc(C(=O)NCCC(=O)Nc2cc(S(=O)(=O)N3CCOCC3)ccc2OC(C)C)c1. The minimum Gasteiger partial charge on any atom is -0.489 e. The van der Waals surface area contributed by atoms with Crippen LogP contribution in [0.1, 0.15) is 36.2 Å². The maximum atomic E-state index is 13.0. The van der Waals surface area contributed by atoms with E-state index in [1.807, 2.05) is 26.8 Å². The van der Waals surface area contributed by atoms with Crippen LogP contribution in [0.4, 0.5) is 5.69 Å². The molecule has 0 unspecified atom stereocenters. The molecule has 34 heavy (non-hydrogen) atoms. The monoisotopic (exact) mass is 489 g/mol. The van der Waals surface area contributed by atoms with Crippen LogP contribution in [0.15, 0.2) is 47.4 Å². The van der Waals surface area contributed by atoms with Crippen molar-refractivity contribution in [1.29, 1.82) is 0 Å². The van der Waals surface area contributed by atoms with E-state index in [1.54, 1.807) is 24.3 Å². The first kappa shape index (κ1) is 25.7. The number of hydrogen-bond donors (Lipinski definition) is 2. The number of sulfonamides is 1. The third-order valence-electron chi connectivity index (χ3n) is 5.11. The van der Waals surface area contributed by atoms with Crippen molar-refractivity contribution in [2.75, 3.05) is 38.2 Å². The van der Waals surface area contributed by atoms with Gasteiger partial charge < -0.3 is 20.1 Å². The smallest absolute Gasteiger partial charge is 0.251 e. The van der Waals surface area contributed by atoms with Gasteiger partial charge in [0.25, 0.3) is 5.91 Å². The van der Waals surface area contributed by atoms with E-state index in [0.29, 0.717) is 24.5 Å². The normalized spacial score (nSPS) is 14.6. The number of nitrogens with one attached hydrogen (secondary N) is 2. The van der Waals surface area contributed by atoms with E-state index in [4.69, 9.17) is 9.47 Å². The number of amides is 2. The van der Waals surface area contributed by atoms with Crippen LogP contribution in [0.5, 0.6) is 5.75 Å². The molecule has 0 saturated carbocycles. The Bertz CT molecular complexity index is 1130. The van der Waals surface area contributed by atoms with Crippen molar-refractivity contribution in [1.82, 2.24) is 9.62 Å². The molecular weight excluding hydrogens is 458 g/mol. The Morgan fingerprint density at radius 2 is 1.85 bits per heavy atom. The Morgan fingerprint density at radius 1 is 1.12 bits per heavy atom. The molecule has 1 aliphatic heterocycles. The number of morpholine rings is 1. The summed E-state index contributed by atoms with van der Waals surface area (Å²) in [6.45, 7) is 6.93. The molecule has 3 rings (SSSR count). The molecule has 10 heteroatoms. The molecule has 0 aliphatic carbocycles. The molecule has 0 aromatic heterocycles. The molecule has 1 heterocycles. The summed E-state index contributed by atoms with van der Waals surface area (Å²) in [5.74, 6) is -0.272. The van der Waals surface area contributed by atoms with Crippen LogP contribution in [-0.2, 0) is 19.6 Å². The van der Waals surface area contributed by atoms with Gasteiger partial charge in [-0.25, -0.2) is 8.42 Å². The number of anilines is 1. The highest BCUT2D eigenvalue weighted by Crippen LogP contribution is 2.30. The molecular formula is C24H31N3O6S. The van der Waals surface area contributed by atoms with Gasteiger partial charge in [-0.2, -0.15) is 4.31 Å². The molecule has 0 radical (unpaired) electrons. The topological polar surface area (TPSA) is 114 Å². The summed E-state index contributed by atoms with van der Waals surface area (Å²) in [4.78, 5) is 24.9. The number of rotatable bonds is 9. The van der Waals surface area contributed by atoms with Gasteiger partial charge in [0.05, 0.1) is 29.9 Å². The first-order chi connectivity index (χ1) is 16.2. The predicted molar refractivity (Wildman–Crippen MR) is 129 cm³/mol. The average Bonchev–Trinajstić information content (AvgIpc) is 2.80. The number of benzene rings is 2.